The molecule has 21 heavy (non-hydrogen) atoms. The minimum Gasteiger partial charge on any atom is -0.255 e. The Hall–Kier alpha value is 0.930. The summed E-state index contributed by atoms with van der Waals surface area (Å²) >= 11 is 0. The highest BCUT2D eigenvalue weighted by Gasteiger charge is 2.55. The fourth-order valence-corrected chi connectivity index (χ4v) is 14.8. The van der Waals surface area contributed by atoms with Crippen molar-refractivity contribution in [1.29, 1.82) is 0 Å². The zero-order chi connectivity index (χ0) is 17.2. The molecule has 0 aromatic carbocycles. The quantitative estimate of drug-likeness (QED) is 0.645. The molecule has 0 radical (unpaired) electrons. The molecule has 0 saturated carbocycles. The van der Waals surface area contributed by atoms with E-state index in [1.54, 1.807) is 0 Å². The van der Waals surface area contributed by atoms with Crippen molar-refractivity contribution in [3.8, 4) is 0 Å². The third-order valence-electron chi connectivity index (χ3n) is 6.59. The lowest BCUT2D eigenvalue weighted by atomic mass is 10.4. The summed E-state index contributed by atoms with van der Waals surface area (Å²) < 4.78 is 8.10. The van der Waals surface area contributed by atoms with Gasteiger partial charge in [0, 0.05) is 7.05 Å². The molecule has 0 atom stereocenters. The monoisotopic (exact) mass is 357 g/mol. The summed E-state index contributed by atoms with van der Waals surface area (Å²) in [5.41, 5.74) is 0. The van der Waals surface area contributed by atoms with Crippen LogP contribution in [0.15, 0.2) is 0 Å². The molecule has 1 fully saturated rings. The average molecular weight is 358 g/mol. The Morgan fingerprint density at radius 3 is 1.29 bits per heavy atom. The van der Waals surface area contributed by atoms with Gasteiger partial charge in [0.25, 0.3) is 0 Å². The van der Waals surface area contributed by atoms with Crippen LogP contribution in [0.2, 0.25) is 0 Å². The Labute approximate surface area is 139 Å². The van der Waals surface area contributed by atoms with Crippen LogP contribution < -0.4 is 0 Å². The number of rotatable bonds is 0. The summed E-state index contributed by atoms with van der Waals surface area (Å²) in [6, 6.07) is 0. The first kappa shape index (κ1) is 20.0. The van der Waals surface area contributed by atoms with E-state index >= 15 is 0 Å². The molecule has 0 aromatic heterocycles. The van der Waals surface area contributed by atoms with Gasteiger partial charge in [-0.2, -0.15) is 20.4 Å². The molecule has 0 amide bonds. The maximum Gasteiger partial charge on any atom is 0.0659 e. The van der Waals surface area contributed by atoms with Gasteiger partial charge in [0.1, 0.15) is 0 Å². The predicted octanol–water partition coefficient (Wildman–Crippen LogP) is 4.12. The Kier molecular flexibility index (Phi) is 4.96. The van der Waals surface area contributed by atoms with Gasteiger partial charge in [-0.15, -0.1) is 10.4 Å². The van der Waals surface area contributed by atoms with E-state index in [0.717, 1.165) is 0 Å². The minimum absolute atomic E-state index is 0.169. The van der Waals surface area contributed by atoms with Crippen LogP contribution >= 0.6 is 30.8 Å². The summed E-state index contributed by atoms with van der Waals surface area (Å²) in [5, 5.41) is 0. The van der Waals surface area contributed by atoms with Gasteiger partial charge in [0.2, 0.25) is 0 Å². The lowest BCUT2D eigenvalue weighted by molar-refractivity contribution is 0.336. The summed E-state index contributed by atoms with van der Waals surface area (Å²) in [7, 11) is 4.17. The van der Waals surface area contributed by atoms with E-state index < -0.39 is 30.8 Å². The predicted molar refractivity (Wildman–Crippen MR) is 110 cm³/mol. The van der Waals surface area contributed by atoms with Crippen molar-refractivity contribution in [1.82, 2.24) is 12.3 Å². The molecule has 1 saturated heterocycles. The summed E-state index contributed by atoms with van der Waals surface area (Å²) in [5.74, 6) is 0. The molecule has 1 aliphatic heterocycles. The molecule has 6 heteroatoms. The highest BCUT2D eigenvalue weighted by Crippen LogP contribution is 2.76. The smallest absolute Gasteiger partial charge is 0.0659 e. The summed E-state index contributed by atoms with van der Waals surface area (Å²) in [6.45, 7) is 9.77. The van der Waals surface area contributed by atoms with Crippen LogP contribution in [0.5, 0.6) is 0 Å². The zero-order valence-electron chi connectivity index (χ0n) is 16.6. The van der Waals surface area contributed by atoms with Crippen LogP contribution in [0.3, 0.4) is 0 Å². The molecule has 0 spiro atoms. The van der Waals surface area contributed by atoms with Crippen LogP contribution in [0.4, 0.5) is 0 Å². The number of hydrogen-bond acceptors (Lipinski definition) is 3. The first-order valence-corrected chi connectivity index (χ1v) is 14.6. The van der Waals surface area contributed by atoms with Gasteiger partial charge in [0.05, 0.1) is 9.74 Å². The van der Waals surface area contributed by atoms with Crippen LogP contribution in [0, 0.1) is 0 Å². The molecule has 1 heterocycles. The van der Waals surface area contributed by atoms with Crippen molar-refractivity contribution in [2.24, 2.45) is 0 Å². The van der Waals surface area contributed by atoms with E-state index in [9.17, 15) is 0 Å². The Balaban J connectivity index is 3.67. The van der Waals surface area contributed by atoms with Crippen molar-refractivity contribution in [2.45, 2.75) is 37.4 Å². The third-order valence-corrected chi connectivity index (χ3v) is 20.6. The van der Waals surface area contributed by atoms with Crippen molar-refractivity contribution in [2.75, 3.05) is 58.7 Å². The normalized spacial score (nSPS) is 37.0. The van der Waals surface area contributed by atoms with Crippen molar-refractivity contribution < 1.29 is 0 Å². The largest absolute Gasteiger partial charge is 0.255 e. The molecule has 0 N–H and O–H groups in total. The van der Waals surface area contributed by atoms with Gasteiger partial charge in [-0.25, -0.2) is 8.02 Å². The molecular weight excluding hydrogens is 318 g/mol. The Morgan fingerprint density at radius 2 is 0.905 bits per heavy atom. The zero-order valence-corrected chi connectivity index (χ0v) is 19.0. The van der Waals surface area contributed by atoms with Crippen molar-refractivity contribution in [3.05, 3.63) is 0 Å². The van der Waals surface area contributed by atoms with Crippen LogP contribution in [0.1, 0.15) is 27.7 Å². The third kappa shape index (κ3) is 2.49. The van der Waals surface area contributed by atoms with E-state index in [1.165, 1.54) is 0 Å². The molecule has 0 unspecified atom stereocenters. The Morgan fingerprint density at radius 1 is 0.571 bits per heavy atom. The van der Waals surface area contributed by atoms with Crippen LogP contribution in [0.25, 0.3) is 0 Å². The van der Waals surface area contributed by atoms with Gasteiger partial charge >= 0.3 is 0 Å². The first-order valence-electron chi connectivity index (χ1n) is 7.38. The SMILES string of the molecule is CN1C(C)(C)S(C)(C)N(C)C(C)(C)S(C)(C)N(C)S1(C)C. The van der Waals surface area contributed by atoms with Crippen LogP contribution in [-0.4, -0.2) is 80.7 Å². The van der Waals surface area contributed by atoms with E-state index in [0.29, 0.717) is 0 Å². The lowest BCUT2D eigenvalue weighted by Gasteiger charge is -2.73. The molecular formula is C15H39N3S3. The fraction of sp³-hybridized carbons (Fsp3) is 1.00. The second-order valence-electron chi connectivity index (χ2n) is 8.09. The average Bonchev–Trinajstić information content (AvgIpc) is 2.33. The topological polar surface area (TPSA) is 9.72 Å². The van der Waals surface area contributed by atoms with Gasteiger partial charge in [-0.1, -0.05) is 0 Å². The summed E-state index contributed by atoms with van der Waals surface area (Å²) in [4.78, 5) is 0.353. The van der Waals surface area contributed by atoms with Gasteiger partial charge < -0.3 is 0 Å². The van der Waals surface area contributed by atoms with Crippen LogP contribution in [-0.2, 0) is 0 Å². The molecule has 132 valence electrons. The van der Waals surface area contributed by atoms with E-state index in [-0.39, 0.29) is 9.74 Å². The number of hydrogen-bond donors (Lipinski definition) is 0. The fourth-order valence-electron chi connectivity index (χ4n) is 2.99. The maximum absolute atomic E-state index is 2.72. The lowest BCUT2D eigenvalue weighted by Crippen LogP contribution is -2.61. The maximum atomic E-state index is 2.72. The highest BCUT2D eigenvalue weighted by atomic mass is 32.3. The summed E-state index contributed by atoms with van der Waals surface area (Å²) in [6.07, 6.45) is 14.9. The van der Waals surface area contributed by atoms with Gasteiger partial charge in [-0.3, -0.25) is 4.31 Å². The van der Waals surface area contributed by atoms with Gasteiger partial charge in [0.15, 0.2) is 0 Å². The molecule has 1 rings (SSSR count). The molecule has 0 bridgehead atoms. The molecule has 1 aliphatic rings. The second kappa shape index (κ2) is 5.21. The van der Waals surface area contributed by atoms with E-state index in [1.807, 2.05) is 0 Å². The molecule has 0 aromatic rings. The standard InChI is InChI=1S/C15H39N3S3/c1-14(2)16(5)19(8,9)15(3,4)17(6)21(12,13)18(7)20(14,10)11/h1-13H3. The second-order valence-corrected chi connectivity index (χ2v) is 20.0. The van der Waals surface area contributed by atoms with Crippen molar-refractivity contribution in [3.63, 3.8) is 0 Å². The molecule has 3 nitrogen and oxygen atoms in total. The Bertz CT molecular complexity index is 380. The van der Waals surface area contributed by atoms with E-state index in [2.05, 4.69) is 98.7 Å². The minimum atomic E-state index is -0.983. The van der Waals surface area contributed by atoms with Crippen molar-refractivity contribution >= 4 is 30.8 Å². The first-order chi connectivity index (χ1) is 8.96. The van der Waals surface area contributed by atoms with Gasteiger partial charge in [-0.05, 0) is 79.3 Å². The number of nitrogens with zero attached hydrogens (tertiary/aromatic N) is 3. The molecule has 0 aliphatic carbocycles. The van der Waals surface area contributed by atoms with E-state index in [4.69, 9.17) is 0 Å². The highest BCUT2D eigenvalue weighted by molar-refractivity contribution is 8.45.